The average Bonchev–Trinajstić information content (AvgIpc) is 2.46. The first-order valence-corrected chi connectivity index (χ1v) is 5.72. The Bertz CT molecular complexity index is 560. The molecule has 0 saturated heterocycles. The summed E-state index contributed by atoms with van der Waals surface area (Å²) in [6.07, 6.45) is 3.60. The molecule has 0 spiro atoms. The van der Waals surface area contributed by atoms with Gasteiger partial charge in [0, 0.05) is 19.4 Å². The third kappa shape index (κ3) is 2.46. The molecule has 18 heavy (non-hydrogen) atoms. The molecular formula is C14H14N4. The van der Waals surface area contributed by atoms with Crippen LogP contribution < -0.4 is 4.90 Å². The molecule has 0 aliphatic carbocycles. The summed E-state index contributed by atoms with van der Waals surface area (Å²) in [5, 5.41) is 8.86. The lowest BCUT2D eigenvalue weighted by atomic mass is 10.1. The summed E-state index contributed by atoms with van der Waals surface area (Å²) < 4.78 is 0. The smallest absolute Gasteiger partial charge is 0.142 e. The number of hydrogen-bond donors (Lipinski definition) is 0. The van der Waals surface area contributed by atoms with Gasteiger partial charge in [-0.25, -0.2) is 4.98 Å². The van der Waals surface area contributed by atoms with Gasteiger partial charge in [-0.3, -0.25) is 4.98 Å². The summed E-state index contributed by atoms with van der Waals surface area (Å²) in [6, 6.07) is 11.6. The van der Waals surface area contributed by atoms with Crippen LogP contribution in [0, 0.1) is 11.3 Å². The van der Waals surface area contributed by atoms with E-state index in [4.69, 9.17) is 5.26 Å². The lowest BCUT2D eigenvalue weighted by Gasteiger charge is -2.26. The predicted octanol–water partition coefficient (Wildman–Crippen LogP) is 2.55. The molecule has 0 aromatic carbocycles. The summed E-state index contributed by atoms with van der Waals surface area (Å²) >= 11 is 0. The number of hydrogen-bond acceptors (Lipinski definition) is 4. The van der Waals surface area contributed by atoms with Gasteiger partial charge in [0.1, 0.15) is 17.6 Å². The number of pyridine rings is 2. The molecule has 0 amide bonds. The van der Waals surface area contributed by atoms with Crippen molar-refractivity contribution in [2.24, 2.45) is 0 Å². The third-order valence-electron chi connectivity index (χ3n) is 2.96. The van der Waals surface area contributed by atoms with E-state index in [-0.39, 0.29) is 6.04 Å². The average molecular weight is 238 g/mol. The molecule has 0 aliphatic rings. The number of anilines is 1. The molecule has 0 saturated carbocycles. The monoisotopic (exact) mass is 238 g/mol. The highest BCUT2D eigenvalue weighted by molar-refractivity contribution is 5.43. The van der Waals surface area contributed by atoms with Crippen molar-refractivity contribution in [2.45, 2.75) is 13.0 Å². The summed E-state index contributed by atoms with van der Waals surface area (Å²) in [5.41, 5.74) is 1.54. The van der Waals surface area contributed by atoms with Crippen LogP contribution in [0.3, 0.4) is 0 Å². The molecule has 2 aromatic heterocycles. The number of rotatable bonds is 3. The van der Waals surface area contributed by atoms with Crippen LogP contribution in [0.15, 0.2) is 42.7 Å². The fourth-order valence-electron chi connectivity index (χ4n) is 1.73. The van der Waals surface area contributed by atoms with Crippen LogP contribution in [0.1, 0.15) is 24.2 Å². The molecule has 90 valence electrons. The molecule has 0 aliphatic heterocycles. The standard InChI is InChI=1S/C14H14N4/c1-11(12-5-4-8-16-10-12)18(2)14-7-3-6-13(9-15)17-14/h3-8,10-11H,1-2H3. The molecule has 0 fully saturated rings. The lowest BCUT2D eigenvalue weighted by molar-refractivity contribution is 0.724. The fourth-order valence-corrected chi connectivity index (χ4v) is 1.73. The molecular weight excluding hydrogens is 224 g/mol. The Labute approximate surface area is 107 Å². The summed E-state index contributed by atoms with van der Waals surface area (Å²) in [6.45, 7) is 2.08. The van der Waals surface area contributed by atoms with Gasteiger partial charge in [-0.05, 0) is 30.7 Å². The second kappa shape index (κ2) is 5.28. The van der Waals surface area contributed by atoms with Crippen molar-refractivity contribution in [2.75, 3.05) is 11.9 Å². The Kier molecular flexibility index (Phi) is 3.54. The molecule has 2 aromatic rings. The van der Waals surface area contributed by atoms with Crippen LogP contribution in [0.4, 0.5) is 5.82 Å². The summed E-state index contributed by atoms with van der Waals surface area (Å²) in [5.74, 6) is 0.783. The second-order valence-electron chi connectivity index (χ2n) is 4.07. The zero-order chi connectivity index (χ0) is 13.0. The maximum atomic E-state index is 8.86. The minimum absolute atomic E-state index is 0.153. The van der Waals surface area contributed by atoms with Crippen molar-refractivity contribution in [3.63, 3.8) is 0 Å². The zero-order valence-electron chi connectivity index (χ0n) is 10.4. The largest absolute Gasteiger partial charge is 0.353 e. The topological polar surface area (TPSA) is 52.8 Å². The zero-order valence-corrected chi connectivity index (χ0v) is 10.4. The SMILES string of the molecule is CC(c1cccnc1)N(C)c1cccc(C#N)n1. The normalized spacial score (nSPS) is 11.6. The Morgan fingerprint density at radius 3 is 2.78 bits per heavy atom. The minimum Gasteiger partial charge on any atom is -0.353 e. The van der Waals surface area contributed by atoms with E-state index in [9.17, 15) is 0 Å². The molecule has 0 radical (unpaired) electrons. The Hall–Kier alpha value is -2.41. The van der Waals surface area contributed by atoms with E-state index in [0.717, 1.165) is 11.4 Å². The molecule has 1 atom stereocenters. The van der Waals surface area contributed by atoms with E-state index in [1.54, 1.807) is 12.3 Å². The van der Waals surface area contributed by atoms with Crippen LogP contribution in [-0.2, 0) is 0 Å². The van der Waals surface area contributed by atoms with Gasteiger partial charge in [0.05, 0.1) is 6.04 Å². The molecule has 4 heteroatoms. The van der Waals surface area contributed by atoms with Gasteiger partial charge in [0.2, 0.25) is 0 Å². The van der Waals surface area contributed by atoms with E-state index in [2.05, 4.69) is 23.0 Å². The van der Waals surface area contributed by atoms with Gasteiger partial charge in [0.15, 0.2) is 0 Å². The highest BCUT2D eigenvalue weighted by Gasteiger charge is 2.13. The van der Waals surface area contributed by atoms with Crippen LogP contribution in [0.5, 0.6) is 0 Å². The highest BCUT2D eigenvalue weighted by atomic mass is 15.2. The predicted molar refractivity (Wildman–Crippen MR) is 70.0 cm³/mol. The van der Waals surface area contributed by atoms with Crippen molar-refractivity contribution in [3.8, 4) is 6.07 Å². The minimum atomic E-state index is 0.153. The van der Waals surface area contributed by atoms with Crippen molar-refractivity contribution in [1.29, 1.82) is 5.26 Å². The molecule has 2 heterocycles. The summed E-state index contributed by atoms with van der Waals surface area (Å²) in [7, 11) is 1.96. The van der Waals surface area contributed by atoms with Gasteiger partial charge < -0.3 is 4.90 Å². The molecule has 0 bridgehead atoms. The molecule has 0 N–H and O–H groups in total. The van der Waals surface area contributed by atoms with E-state index in [1.165, 1.54) is 0 Å². The van der Waals surface area contributed by atoms with Gasteiger partial charge in [-0.1, -0.05) is 12.1 Å². The van der Waals surface area contributed by atoms with Crippen LogP contribution in [0.25, 0.3) is 0 Å². The Morgan fingerprint density at radius 1 is 1.28 bits per heavy atom. The van der Waals surface area contributed by atoms with Crippen LogP contribution in [0.2, 0.25) is 0 Å². The quantitative estimate of drug-likeness (QED) is 0.824. The number of aromatic nitrogens is 2. The highest BCUT2D eigenvalue weighted by Crippen LogP contribution is 2.22. The van der Waals surface area contributed by atoms with E-state index in [1.807, 2.05) is 42.4 Å². The first-order valence-electron chi connectivity index (χ1n) is 5.72. The van der Waals surface area contributed by atoms with Crippen molar-refractivity contribution < 1.29 is 0 Å². The first kappa shape index (κ1) is 12.1. The maximum Gasteiger partial charge on any atom is 0.142 e. The first-order chi connectivity index (χ1) is 8.72. The van der Waals surface area contributed by atoms with Crippen molar-refractivity contribution in [3.05, 3.63) is 54.0 Å². The fraction of sp³-hybridized carbons (Fsp3) is 0.214. The van der Waals surface area contributed by atoms with Gasteiger partial charge in [0.25, 0.3) is 0 Å². The third-order valence-corrected chi connectivity index (χ3v) is 2.96. The molecule has 4 nitrogen and oxygen atoms in total. The Balaban J connectivity index is 2.26. The Morgan fingerprint density at radius 2 is 2.11 bits per heavy atom. The maximum absolute atomic E-state index is 8.86. The van der Waals surface area contributed by atoms with E-state index in [0.29, 0.717) is 5.69 Å². The second-order valence-corrected chi connectivity index (χ2v) is 4.07. The van der Waals surface area contributed by atoms with E-state index >= 15 is 0 Å². The van der Waals surface area contributed by atoms with Gasteiger partial charge in [-0.2, -0.15) is 5.26 Å². The number of nitrogens with zero attached hydrogens (tertiary/aromatic N) is 4. The molecule has 2 rings (SSSR count). The summed E-state index contributed by atoms with van der Waals surface area (Å²) in [4.78, 5) is 10.4. The van der Waals surface area contributed by atoms with Crippen LogP contribution >= 0.6 is 0 Å². The number of nitriles is 1. The van der Waals surface area contributed by atoms with Gasteiger partial charge in [-0.15, -0.1) is 0 Å². The van der Waals surface area contributed by atoms with Crippen LogP contribution in [-0.4, -0.2) is 17.0 Å². The molecule has 1 unspecified atom stereocenters. The van der Waals surface area contributed by atoms with Crippen molar-refractivity contribution >= 4 is 5.82 Å². The lowest BCUT2D eigenvalue weighted by Crippen LogP contribution is -2.22. The van der Waals surface area contributed by atoms with E-state index < -0.39 is 0 Å². The van der Waals surface area contributed by atoms with Crippen molar-refractivity contribution in [1.82, 2.24) is 9.97 Å². The van der Waals surface area contributed by atoms with Gasteiger partial charge >= 0.3 is 0 Å².